The first-order chi connectivity index (χ1) is 18.3. The molecule has 3 aromatic rings. The van der Waals surface area contributed by atoms with Crippen molar-refractivity contribution in [2.45, 2.75) is 25.8 Å². The molecule has 0 radical (unpaired) electrons. The van der Waals surface area contributed by atoms with Crippen molar-refractivity contribution in [3.8, 4) is 34.4 Å². The Kier molecular flexibility index (Phi) is 4.97. The summed E-state index contributed by atoms with van der Waals surface area (Å²) in [7, 11) is 1.79. The maximum atomic E-state index is 14.6. The zero-order chi connectivity index (χ0) is 26.3. The molecule has 4 N–H and O–H groups in total. The van der Waals surface area contributed by atoms with Gasteiger partial charge in [-0.2, -0.15) is 9.97 Å². The second kappa shape index (κ2) is 8.19. The first-order valence-corrected chi connectivity index (χ1v) is 12.8. The van der Waals surface area contributed by atoms with Crippen molar-refractivity contribution >= 4 is 17.1 Å². The number of anilines is 2. The number of nitrogens with two attached hydrogens (primary N) is 1. The Morgan fingerprint density at radius 1 is 1.21 bits per heavy atom. The molecule has 2 aromatic carbocycles. The Labute approximate surface area is 219 Å². The minimum atomic E-state index is -0.314. The Hall–Kier alpha value is -4.11. The van der Waals surface area contributed by atoms with Gasteiger partial charge in [-0.25, -0.2) is 4.39 Å². The zero-order valence-electron chi connectivity index (χ0n) is 21.2. The molecule has 2 aliphatic carbocycles. The minimum absolute atomic E-state index is 0.0341. The van der Waals surface area contributed by atoms with E-state index in [1.807, 2.05) is 6.92 Å². The lowest BCUT2D eigenvalue weighted by atomic mass is 9.72. The monoisotopic (exact) mass is 513 g/mol. The average Bonchev–Trinajstić information content (AvgIpc) is 3.39. The van der Waals surface area contributed by atoms with E-state index in [2.05, 4.69) is 16.8 Å². The number of phenols is 1. The largest absolute Gasteiger partial charge is 0.507 e. The summed E-state index contributed by atoms with van der Waals surface area (Å²) in [6, 6.07) is 6.65. The number of ether oxygens (including phenoxy) is 2. The molecule has 0 bridgehead atoms. The fourth-order valence-electron chi connectivity index (χ4n) is 6.43. The molecule has 2 aliphatic heterocycles. The van der Waals surface area contributed by atoms with Crippen LogP contribution in [0.15, 0.2) is 42.7 Å². The van der Waals surface area contributed by atoms with Gasteiger partial charge in [0, 0.05) is 56.0 Å². The summed E-state index contributed by atoms with van der Waals surface area (Å²) < 4.78 is 26.5. The van der Waals surface area contributed by atoms with Crippen LogP contribution in [0.3, 0.4) is 0 Å². The number of nitrogens with zero attached hydrogens (tertiary/aromatic N) is 3. The number of nitrogens with one attached hydrogen (secondary N) is 1. The molecule has 194 valence electrons. The number of hydrogen-bond donors (Lipinski definition) is 3. The third kappa shape index (κ3) is 3.45. The first-order valence-electron chi connectivity index (χ1n) is 12.8. The molecule has 3 atom stereocenters. The molecule has 2 fully saturated rings. The molecule has 9 heteroatoms. The van der Waals surface area contributed by atoms with Crippen molar-refractivity contribution in [1.29, 1.82) is 0 Å². The molecular weight excluding hydrogens is 485 g/mol. The standard InChI is InChI=1S/C29H28FN5O3/c1-13-4-14(2)37-25-9-17(8-24(36)26(13)25)38-29-33-23-10-18-19(6-16(30)7-22(18)32-3)27(23)28(34-29)35-11-15-5-21(31)20(15)12-35/h4,6-9,15,20-21,32,36H,2,5,10-12,31H2,1,3H3/t15?,20?,21-/m1/s1. The van der Waals surface area contributed by atoms with Crippen LogP contribution in [-0.2, 0) is 6.42 Å². The number of fused-ring (bicyclic) bond motifs is 5. The van der Waals surface area contributed by atoms with Crippen LogP contribution in [-0.4, -0.2) is 41.3 Å². The fraction of sp³-hybridized carbons (Fsp3) is 0.310. The van der Waals surface area contributed by atoms with E-state index < -0.39 is 0 Å². The van der Waals surface area contributed by atoms with Crippen molar-refractivity contribution in [2.24, 2.45) is 17.6 Å². The SMILES string of the molecule is C=C1C=C(C)c2c(O)cc(Oc3nc4c(c(N5CC6C[C@@H](N)C6C5)n3)-c3cc(F)cc(NC)c3C4)cc2O1. The number of allylic oxidation sites excluding steroid dienone is 2. The number of aromatic hydroxyl groups is 1. The summed E-state index contributed by atoms with van der Waals surface area (Å²) in [5, 5.41) is 13.8. The molecule has 8 nitrogen and oxygen atoms in total. The normalized spacial score (nSPS) is 22.5. The van der Waals surface area contributed by atoms with Crippen molar-refractivity contribution in [3.05, 3.63) is 65.3 Å². The van der Waals surface area contributed by atoms with Gasteiger partial charge < -0.3 is 30.5 Å². The van der Waals surface area contributed by atoms with Crippen LogP contribution in [0, 0.1) is 17.7 Å². The number of phenolic OH excluding ortho intramolecular Hbond substituents is 1. The lowest BCUT2D eigenvalue weighted by molar-refractivity contribution is 0.194. The first kappa shape index (κ1) is 23.0. The summed E-state index contributed by atoms with van der Waals surface area (Å²) in [5.41, 5.74) is 11.9. The minimum Gasteiger partial charge on any atom is -0.507 e. The quantitative estimate of drug-likeness (QED) is 0.357. The lowest BCUT2D eigenvalue weighted by Crippen LogP contribution is -2.46. The van der Waals surface area contributed by atoms with Gasteiger partial charge in [-0.15, -0.1) is 0 Å². The van der Waals surface area contributed by atoms with Crippen molar-refractivity contribution in [2.75, 3.05) is 30.4 Å². The molecule has 0 amide bonds. The van der Waals surface area contributed by atoms with E-state index in [4.69, 9.17) is 25.2 Å². The van der Waals surface area contributed by atoms with E-state index >= 15 is 0 Å². The van der Waals surface area contributed by atoms with Gasteiger partial charge in [-0.1, -0.05) is 6.58 Å². The molecule has 0 spiro atoms. The molecule has 2 unspecified atom stereocenters. The smallest absolute Gasteiger partial charge is 0.324 e. The molecular formula is C29H28FN5O3. The summed E-state index contributed by atoms with van der Waals surface area (Å²) >= 11 is 0. The second-order valence-corrected chi connectivity index (χ2v) is 10.6. The van der Waals surface area contributed by atoms with E-state index in [9.17, 15) is 9.50 Å². The van der Waals surface area contributed by atoms with Gasteiger partial charge in [0.1, 0.15) is 34.6 Å². The number of benzene rings is 2. The molecule has 1 saturated heterocycles. The van der Waals surface area contributed by atoms with Gasteiger partial charge in [0.25, 0.3) is 0 Å². The van der Waals surface area contributed by atoms with Gasteiger partial charge in [0.2, 0.25) is 0 Å². The molecule has 4 aliphatic rings. The summed E-state index contributed by atoms with van der Waals surface area (Å²) in [6.45, 7) is 7.39. The number of aromatic nitrogens is 2. The highest BCUT2D eigenvalue weighted by Gasteiger charge is 2.46. The topological polar surface area (TPSA) is 106 Å². The Balaban J connectivity index is 1.32. The van der Waals surface area contributed by atoms with Crippen LogP contribution in [0.5, 0.6) is 23.3 Å². The third-order valence-electron chi connectivity index (χ3n) is 8.23. The number of halogens is 1. The van der Waals surface area contributed by atoms with Crippen LogP contribution >= 0.6 is 0 Å². The maximum Gasteiger partial charge on any atom is 0.324 e. The van der Waals surface area contributed by atoms with Crippen molar-refractivity contribution < 1.29 is 19.0 Å². The average molecular weight is 514 g/mol. The highest BCUT2D eigenvalue weighted by Crippen LogP contribution is 2.49. The summed E-state index contributed by atoms with van der Waals surface area (Å²) in [5.74, 6) is 2.68. The zero-order valence-corrected chi connectivity index (χ0v) is 21.2. The Morgan fingerprint density at radius 2 is 2.05 bits per heavy atom. The van der Waals surface area contributed by atoms with Gasteiger partial charge >= 0.3 is 6.01 Å². The van der Waals surface area contributed by atoms with Crippen molar-refractivity contribution in [1.82, 2.24) is 9.97 Å². The van der Waals surface area contributed by atoms with E-state index in [1.165, 1.54) is 12.1 Å². The second-order valence-electron chi connectivity index (χ2n) is 10.6. The Morgan fingerprint density at radius 3 is 2.82 bits per heavy atom. The Bertz CT molecular complexity index is 1570. The number of rotatable bonds is 4. The van der Waals surface area contributed by atoms with Crippen molar-refractivity contribution in [3.63, 3.8) is 0 Å². The molecule has 1 aromatic heterocycles. The molecule has 1 saturated carbocycles. The van der Waals surface area contributed by atoms with Gasteiger partial charge in [0.05, 0.1) is 11.3 Å². The number of hydrogen-bond acceptors (Lipinski definition) is 8. The summed E-state index contributed by atoms with van der Waals surface area (Å²) in [6.07, 6.45) is 3.30. The van der Waals surface area contributed by atoms with E-state index in [0.29, 0.717) is 41.1 Å². The van der Waals surface area contributed by atoms with Crippen LogP contribution in [0.4, 0.5) is 15.9 Å². The van der Waals surface area contributed by atoms with E-state index in [0.717, 1.165) is 59.0 Å². The fourth-order valence-corrected chi connectivity index (χ4v) is 6.43. The lowest BCUT2D eigenvalue weighted by Gasteiger charge is -2.36. The third-order valence-corrected chi connectivity index (χ3v) is 8.23. The predicted molar refractivity (Wildman–Crippen MR) is 143 cm³/mol. The van der Waals surface area contributed by atoms with E-state index in [-0.39, 0.29) is 23.6 Å². The highest BCUT2D eigenvalue weighted by atomic mass is 19.1. The van der Waals surface area contributed by atoms with Gasteiger partial charge in [-0.05, 0) is 60.1 Å². The van der Waals surface area contributed by atoms with Crippen LogP contribution in [0.25, 0.3) is 16.7 Å². The van der Waals surface area contributed by atoms with Gasteiger partial charge in [0.15, 0.2) is 0 Å². The van der Waals surface area contributed by atoms with Crippen LogP contribution in [0.2, 0.25) is 0 Å². The molecule has 7 rings (SSSR count). The van der Waals surface area contributed by atoms with Crippen LogP contribution in [0.1, 0.15) is 30.2 Å². The maximum absolute atomic E-state index is 14.6. The predicted octanol–water partition coefficient (Wildman–Crippen LogP) is 4.82. The van der Waals surface area contributed by atoms with E-state index in [1.54, 1.807) is 25.3 Å². The summed E-state index contributed by atoms with van der Waals surface area (Å²) in [4.78, 5) is 11.8. The van der Waals surface area contributed by atoms with Gasteiger partial charge in [-0.3, -0.25) is 0 Å². The molecule has 3 heterocycles. The highest BCUT2D eigenvalue weighted by molar-refractivity contribution is 5.88. The van der Waals surface area contributed by atoms with Crippen LogP contribution < -0.4 is 25.4 Å². The molecule has 38 heavy (non-hydrogen) atoms.